The fraction of sp³-hybridized carbons (Fsp3) is 0.308. The van der Waals surface area contributed by atoms with Crippen LogP contribution in [-0.2, 0) is 7.05 Å². The molecular weight excluding hydrogens is 219 g/mol. The lowest BCUT2D eigenvalue weighted by Gasteiger charge is -2.05. The lowest BCUT2D eigenvalue weighted by Crippen LogP contribution is -2.20. The van der Waals surface area contributed by atoms with Crippen molar-refractivity contribution in [1.29, 1.82) is 0 Å². The molecule has 1 fully saturated rings. The highest BCUT2D eigenvalue weighted by Gasteiger charge is 2.28. The molecule has 0 bridgehead atoms. The van der Waals surface area contributed by atoms with Crippen LogP contribution in [0.1, 0.15) is 24.3 Å². The van der Waals surface area contributed by atoms with Crippen LogP contribution >= 0.6 is 0 Å². The predicted octanol–water partition coefficient (Wildman–Crippen LogP) is 2.19. The van der Waals surface area contributed by atoms with E-state index in [1.54, 1.807) is 21.5 Å². The molecule has 88 valence electrons. The summed E-state index contributed by atoms with van der Waals surface area (Å²) in [5.74, 6) is 0.133. The van der Waals surface area contributed by atoms with Crippen LogP contribution < -0.4 is 5.56 Å². The van der Waals surface area contributed by atoms with Gasteiger partial charge in [0.25, 0.3) is 5.56 Å². The summed E-state index contributed by atoms with van der Waals surface area (Å²) in [5.41, 5.74) is 1.59. The standard InChI is InChI=1S/C13H13FN2O/c1-15-8-12(9-2-3-9)13(17)16(15)11-6-4-10(14)5-7-11/h4-9H,2-3H2,1H3. The molecule has 17 heavy (non-hydrogen) atoms. The van der Waals surface area contributed by atoms with Crippen molar-refractivity contribution in [3.8, 4) is 5.69 Å². The van der Waals surface area contributed by atoms with Gasteiger partial charge in [0.05, 0.1) is 5.69 Å². The Morgan fingerprint density at radius 2 is 1.88 bits per heavy atom. The van der Waals surface area contributed by atoms with Crippen molar-refractivity contribution >= 4 is 0 Å². The van der Waals surface area contributed by atoms with Gasteiger partial charge >= 0.3 is 0 Å². The maximum Gasteiger partial charge on any atom is 0.274 e. The first-order valence-electron chi connectivity index (χ1n) is 5.71. The van der Waals surface area contributed by atoms with Crippen LogP contribution in [0.3, 0.4) is 0 Å². The molecule has 1 heterocycles. The van der Waals surface area contributed by atoms with E-state index in [4.69, 9.17) is 0 Å². The smallest absolute Gasteiger partial charge is 0.274 e. The van der Waals surface area contributed by atoms with Gasteiger partial charge in [-0.1, -0.05) is 0 Å². The normalized spacial score (nSPS) is 15.2. The van der Waals surface area contributed by atoms with Crippen molar-refractivity contribution in [2.45, 2.75) is 18.8 Å². The monoisotopic (exact) mass is 232 g/mol. The molecule has 4 heteroatoms. The van der Waals surface area contributed by atoms with Gasteiger partial charge < -0.3 is 0 Å². The van der Waals surface area contributed by atoms with Gasteiger partial charge in [-0.2, -0.15) is 0 Å². The van der Waals surface area contributed by atoms with E-state index in [2.05, 4.69) is 0 Å². The summed E-state index contributed by atoms with van der Waals surface area (Å²) in [5, 5.41) is 0. The molecular formula is C13H13FN2O. The van der Waals surface area contributed by atoms with E-state index in [0.29, 0.717) is 11.6 Å². The molecule has 0 aliphatic heterocycles. The first kappa shape index (κ1) is 10.3. The number of hydrogen-bond acceptors (Lipinski definition) is 1. The minimum Gasteiger partial charge on any atom is -0.288 e. The zero-order chi connectivity index (χ0) is 12.0. The minimum atomic E-state index is -0.293. The van der Waals surface area contributed by atoms with E-state index in [1.165, 1.54) is 12.1 Å². The maximum atomic E-state index is 12.9. The van der Waals surface area contributed by atoms with Crippen LogP contribution in [0.4, 0.5) is 4.39 Å². The van der Waals surface area contributed by atoms with Gasteiger partial charge in [0.15, 0.2) is 0 Å². The second kappa shape index (κ2) is 3.58. The molecule has 0 spiro atoms. The third kappa shape index (κ3) is 1.69. The topological polar surface area (TPSA) is 26.9 Å². The minimum absolute atomic E-state index is 0.0154. The van der Waals surface area contributed by atoms with Crippen LogP contribution in [0, 0.1) is 5.82 Å². The maximum absolute atomic E-state index is 12.9. The molecule has 1 aliphatic rings. The fourth-order valence-electron chi connectivity index (χ4n) is 2.14. The predicted molar refractivity (Wildman–Crippen MR) is 62.9 cm³/mol. The summed E-state index contributed by atoms with van der Waals surface area (Å²) in [4.78, 5) is 12.2. The fourth-order valence-corrected chi connectivity index (χ4v) is 2.14. The summed E-state index contributed by atoms with van der Waals surface area (Å²) in [7, 11) is 1.83. The van der Waals surface area contributed by atoms with Gasteiger partial charge in [0.1, 0.15) is 5.82 Å². The Hall–Kier alpha value is -1.84. The SMILES string of the molecule is Cn1cc(C2CC2)c(=O)n1-c1ccc(F)cc1. The van der Waals surface area contributed by atoms with Crippen LogP contribution in [0.5, 0.6) is 0 Å². The molecule has 0 atom stereocenters. The number of nitrogens with zero attached hydrogens (tertiary/aromatic N) is 2. The molecule has 0 unspecified atom stereocenters. The first-order valence-corrected chi connectivity index (χ1v) is 5.71. The van der Waals surface area contributed by atoms with Crippen LogP contribution in [-0.4, -0.2) is 9.36 Å². The van der Waals surface area contributed by atoms with Crippen LogP contribution in [0.2, 0.25) is 0 Å². The Labute approximate surface area is 98.1 Å². The van der Waals surface area contributed by atoms with E-state index < -0.39 is 0 Å². The Bertz CT molecular complexity index is 605. The Kier molecular flexibility index (Phi) is 2.18. The lowest BCUT2D eigenvalue weighted by molar-refractivity contribution is 0.620. The molecule has 1 aromatic heterocycles. The molecule has 0 N–H and O–H groups in total. The number of hydrogen-bond donors (Lipinski definition) is 0. The molecule has 0 saturated heterocycles. The zero-order valence-electron chi connectivity index (χ0n) is 9.56. The van der Waals surface area contributed by atoms with Gasteiger partial charge in [0.2, 0.25) is 0 Å². The average molecular weight is 232 g/mol. The average Bonchev–Trinajstić information content (AvgIpc) is 3.09. The van der Waals surface area contributed by atoms with Gasteiger partial charge in [-0.15, -0.1) is 0 Å². The molecule has 0 radical (unpaired) electrons. The summed E-state index contributed by atoms with van der Waals surface area (Å²) in [6, 6.07) is 5.97. The van der Waals surface area contributed by atoms with Crippen molar-refractivity contribution in [2.75, 3.05) is 0 Å². The largest absolute Gasteiger partial charge is 0.288 e. The highest BCUT2D eigenvalue weighted by molar-refractivity contribution is 5.33. The summed E-state index contributed by atoms with van der Waals surface area (Å²) in [6.07, 6.45) is 4.08. The zero-order valence-corrected chi connectivity index (χ0v) is 9.56. The summed E-state index contributed by atoms with van der Waals surface area (Å²) in [6.45, 7) is 0. The van der Waals surface area contributed by atoms with Crippen molar-refractivity contribution < 1.29 is 4.39 Å². The van der Waals surface area contributed by atoms with E-state index in [9.17, 15) is 9.18 Å². The van der Waals surface area contributed by atoms with E-state index in [1.807, 2.05) is 13.2 Å². The number of halogens is 1. The van der Waals surface area contributed by atoms with Gasteiger partial charge in [-0.05, 0) is 43.0 Å². The van der Waals surface area contributed by atoms with Gasteiger partial charge in [-0.3, -0.25) is 9.48 Å². The van der Waals surface area contributed by atoms with Crippen molar-refractivity contribution in [2.24, 2.45) is 7.05 Å². The van der Waals surface area contributed by atoms with Crippen LogP contribution in [0.15, 0.2) is 35.3 Å². The van der Waals surface area contributed by atoms with Crippen molar-refractivity contribution in [3.63, 3.8) is 0 Å². The molecule has 2 aromatic rings. The molecule has 0 amide bonds. The molecule has 3 rings (SSSR count). The van der Waals surface area contributed by atoms with Gasteiger partial charge in [0, 0.05) is 18.8 Å². The van der Waals surface area contributed by atoms with E-state index in [-0.39, 0.29) is 11.4 Å². The molecule has 1 aliphatic carbocycles. The van der Waals surface area contributed by atoms with Crippen LogP contribution in [0.25, 0.3) is 5.69 Å². The quantitative estimate of drug-likeness (QED) is 0.779. The van der Waals surface area contributed by atoms with E-state index in [0.717, 1.165) is 18.4 Å². The second-order valence-electron chi connectivity index (χ2n) is 4.53. The number of aromatic nitrogens is 2. The van der Waals surface area contributed by atoms with Crippen molar-refractivity contribution in [3.05, 3.63) is 52.2 Å². The number of aryl methyl sites for hydroxylation is 1. The van der Waals surface area contributed by atoms with Gasteiger partial charge in [-0.25, -0.2) is 9.07 Å². The third-order valence-electron chi connectivity index (χ3n) is 3.17. The van der Waals surface area contributed by atoms with E-state index >= 15 is 0 Å². The highest BCUT2D eigenvalue weighted by atomic mass is 19.1. The summed E-state index contributed by atoms with van der Waals surface area (Å²) < 4.78 is 16.2. The first-order chi connectivity index (χ1) is 8.16. The lowest BCUT2D eigenvalue weighted by atomic mass is 10.2. The second-order valence-corrected chi connectivity index (χ2v) is 4.53. The molecule has 1 aromatic carbocycles. The number of rotatable bonds is 2. The highest BCUT2D eigenvalue weighted by Crippen LogP contribution is 2.38. The number of benzene rings is 1. The molecule has 3 nitrogen and oxygen atoms in total. The summed E-state index contributed by atoms with van der Waals surface area (Å²) >= 11 is 0. The molecule has 1 saturated carbocycles. The van der Waals surface area contributed by atoms with Crippen molar-refractivity contribution in [1.82, 2.24) is 9.36 Å². The Morgan fingerprint density at radius 1 is 1.24 bits per heavy atom. The Morgan fingerprint density at radius 3 is 2.47 bits per heavy atom. The third-order valence-corrected chi connectivity index (χ3v) is 3.17. The Balaban J connectivity index is 2.14.